The van der Waals surface area contributed by atoms with E-state index in [0.717, 1.165) is 41.2 Å². The molecule has 0 aliphatic heterocycles. The number of thiophene rings is 1. The van der Waals surface area contributed by atoms with Crippen molar-refractivity contribution in [2.45, 2.75) is 37.4 Å². The predicted molar refractivity (Wildman–Crippen MR) is 140 cm³/mol. The summed E-state index contributed by atoms with van der Waals surface area (Å²) in [6, 6.07) is 17.4. The van der Waals surface area contributed by atoms with E-state index < -0.39 is 22.0 Å². The van der Waals surface area contributed by atoms with Crippen LogP contribution in [0.15, 0.2) is 68.7 Å². The molecular formula is C24H28BrN3O3S2. The van der Waals surface area contributed by atoms with E-state index in [2.05, 4.69) is 44.7 Å². The van der Waals surface area contributed by atoms with Crippen molar-refractivity contribution in [3.63, 3.8) is 0 Å². The van der Waals surface area contributed by atoms with Crippen molar-refractivity contribution >= 4 is 54.6 Å². The number of carbonyl (C=O) groups excluding carboxylic acids is 1. The number of sulfonamides is 1. The molecule has 0 saturated carbocycles. The maximum atomic E-state index is 13.3. The molecule has 3 rings (SSSR count). The number of rotatable bonds is 10. The van der Waals surface area contributed by atoms with Crippen molar-refractivity contribution in [2.75, 3.05) is 23.3 Å². The average molecular weight is 551 g/mol. The van der Waals surface area contributed by atoms with Gasteiger partial charge >= 0.3 is 0 Å². The van der Waals surface area contributed by atoms with Crippen molar-refractivity contribution < 1.29 is 13.2 Å². The Morgan fingerprint density at radius 3 is 2.33 bits per heavy atom. The number of hydrogen-bond acceptors (Lipinski definition) is 5. The van der Waals surface area contributed by atoms with Gasteiger partial charge in [0.05, 0.1) is 3.79 Å². The first-order chi connectivity index (χ1) is 15.7. The zero-order valence-corrected chi connectivity index (χ0v) is 22.1. The Hall–Kier alpha value is -2.20. The highest BCUT2D eigenvalue weighted by molar-refractivity contribution is 9.11. The third-order valence-corrected chi connectivity index (χ3v) is 8.89. The first-order valence-corrected chi connectivity index (χ1v) is 13.8. The minimum Gasteiger partial charge on any atom is -0.372 e. The molecule has 0 fully saturated rings. The third-order valence-electron chi connectivity index (χ3n) is 5.31. The van der Waals surface area contributed by atoms with Crippen molar-refractivity contribution in [2.24, 2.45) is 0 Å². The second kappa shape index (κ2) is 11.3. The predicted octanol–water partition coefficient (Wildman–Crippen LogP) is 5.19. The highest BCUT2D eigenvalue weighted by Crippen LogP contribution is 2.27. The summed E-state index contributed by atoms with van der Waals surface area (Å²) < 4.78 is 29.4. The lowest BCUT2D eigenvalue weighted by Gasteiger charge is -2.23. The van der Waals surface area contributed by atoms with Crippen LogP contribution in [0.3, 0.4) is 0 Å². The Balaban J connectivity index is 1.85. The number of carbonyl (C=O) groups is 1. The number of amides is 1. The second-order valence-corrected chi connectivity index (χ2v) is 12.0. The fraction of sp³-hybridized carbons (Fsp3) is 0.292. The molecule has 3 aromatic rings. The van der Waals surface area contributed by atoms with E-state index in [1.807, 2.05) is 55.5 Å². The Morgan fingerprint density at radius 2 is 1.76 bits per heavy atom. The fourth-order valence-electron chi connectivity index (χ4n) is 3.52. The zero-order chi connectivity index (χ0) is 24.0. The maximum Gasteiger partial charge on any atom is 0.250 e. The Bertz CT molecular complexity index is 1190. The van der Waals surface area contributed by atoms with E-state index in [9.17, 15) is 13.2 Å². The van der Waals surface area contributed by atoms with Gasteiger partial charge in [-0.15, -0.1) is 11.3 Å². The van der Waals surface area contributed by atoms with Gasteiger partial charge in [-0.25, -0.2) is 8.42 Å². The van der Waals surface area contributed by atoms with E-state index in [1.165, 1.54) is 6.07 Å². The van der Waals surface area contributed by atoms with Crippen LogP contribution in [-0.4, -0.2) is 33.5 Å². The van der Waals surface area contributed by atoms with Crippen LogP contribution in [0.4, 0.5) is 11.4 Å². The molecule has 0 radical (unpaired) electrons. The van der Waals surface area contributed by atoms with Crippen LogP contribution in [0, 0.1) is 6.92 Å². The Morgan fingerprint density at radius 1 is 1.06 bits per heavy atom. The largest absolute Gasteiger partial charge is 0.372 e. The SMILES string of the molecule is CCN(CC)c1ccc(NC(=O)[C@H](Cc2ccccc2)NS(=O)(=O)c2ccc(Br)s2)c(C)c1. The second-order valence-electron chi connectivity index (χ2n) is 7.58. The van der Waals surface area contributed by atoms with Crippen LogP contribution < -0.4 is 14.9 Å². The molecule has 1 heterocycles. The number of aryl methyl sites for hydroxylation is 1. The molecule has 0 unspecified atom stereocenters. The van der Waals surface area contributed by atoms with Crippen LogP contribution in [-0.2, 0) is 21.2 Å². The molecule has 6 nitrogen and oxygen atoms in total. The van der Waals surface area contributed by atoms with Gasteiger partial charge in [-0.2, -0.15) is 4.72 Å². The van der Waals surface area contributed by atoms with Crippen LogP contribution in [0.25, 0.3) is 0 Å². The van der Waals surface area contributed by atoms with Gasteiger partial charge in [-0.1, -0.05) is 30.3 Å². The Kier molecular flexibility index (Phi) is 8.69. The summed E-state index contributed by atoms with van der Waals surface area (Å²) in [5.41, 5.74) is 3.52. The van der Waals surface area contributed by atoms with E-state index >= 15 is 0 Å². The van der Waals surface area contributed by atoms with Gasteiger partial charge in [0.1, 0.15) is 10.3 Å². The van der Waals surface area contributed by atoms with E-state index in [0.29, 0.717) is 9.47 Å². The quantitative estimate of drug-likeness (QED) is 0.364. The third kappa shape index (κ3) is 6.66. The molecule has 33 heavy (non-hydrogen) atoms. The molecule has 0 bridgehead atoms. The molecule has 0 spiro atoms. The number of halogens is 1. The molecular weight excluding hydrogens is 522 g/mol. The van der Waals surface area contributed by atoms with Gasteiger partial charge in [0, 0.05) is 24.5 Å². The molecule has 176 valence electrons. The topological polar surface area (TPSA) is 78.5 Å². The highest BCUT2D eigenvalue weighted by Gasteiger charge is 2.27. The summed E-state index contributed by atoms with van der Waals surface area (Å²) >= 11 is 4.40. The summed E-state index contributed by atoms with van der Waals surface area (Å²) in [6.07, 6.45) is 0.231. The minimum atomic E-state index is -3.86. The molecule has 2 N–H and O–H groups in total. The summed E-state index contributed by atoms with van der Waals surface area (Å²) in [6.45, 7) is 7.91. The van der Waals surface area contributed by atoms with Crippen LogP contribution in [0.5, 0.6) is 0 Å². The number of nitrogens with zero attached hydrogens (tertiary/aromatic N) is 1. The van der Waals surface area contributed by atoms with Gasteiger partial charge < -0.3 is 10.2 Å². The first kappa shape index (κ1) is 25.4. The van der Waals surface area contributed by atoms with Crippen LogP contribution >= 0.6 is 27.3 Å². The van der Waals surface area contributed by atoms with E-state index in [-0.39, 0.29) is 10.6 Å². The highest BCUT2D eigenvalue weighted by atomic mass is 79.9. The minimum absolute atomic E-state index is 0.153. The summed E-state index contributed by atoms with van der Waals surface area (Å²) in [7, 11) is -3.86. The Labute approximate surface area is 208 Å². The molecule has 1 aromatic heterocycles. The number of nitrogens with one attached hydrogen (secondary N) is 2. The van der Waals surface area contributed by atoms with Crippen molar-refractivity contribution in [3.8, 4) is 0 Å². The van der Waals surface area contributed by atoms with Gasteiger partial charge in [-0.3, -0.25) is 4.79 Å². The standard InChI is InChI=1S/C24H28BrN3O3S2/c1-4-28(5-2)19-11-12-20(17(3)15-19)26-24(29)21(16-18-9-7-6-8-10-18)27-33(30,31)23-14-13-22(25)32-23/h6-15,21,27H,4-5,16H2,1-3H3,(H,26,29)/t21-/m0/s1. The molecule has 1 atom stereocenters. The number of hydrogen-bond donors (Lipinski definition) is 2. The number of benzene rings is 2. The summed E-state index contributed by atoms with van der Waals surface area (Å²) in [4.78, 5) is 15.5. The molecule has 2 aromatic carbocycles. The first-order valence-electron chi connectivity index (χ1n) is 10.7. The normalized spacial score (nSPS) is 12.4. The van der Waals surface area contributed by atoms with Crippen LogP contribution in [0.2, 0.25) is 0 Å². The molecule has 0 aliphatic rings. The van der Waals surface area contributed by atoms with Gasteiger partial charge in [0.25, 0.3) is 10.0 Å². The number of anilines is 2. The van der Waals surface area contributed by atoms with Crippen molar-refractivity contribution in [1.29, 1.82) is 0 Å². The van der Waals surface area contributed by atoms with Gasteiger partial charge in [0.15, 0.2) is 0 Å². The maximum absolute atomic E-state index is 13.3. The van der Waals surface area contributed by atoms with E-state index in [1.54, 1.807) is 6.07 Å². The molecule has 0 saturated heterocycles. The molecule has 0 aliphatic carbocycles. The van der Waals surface area contributed by atoms with Gasteiger partial charge in [0.2, 0.25) is 5.91 Å². The van der Waals surface area contributed by atoms with E-state index in [4.69, 9.17) is 0 Å². The lowest BCUT2D eigenvalue weighted by atomic mass is 10.1. The smallest absolute Gasteiger partial charge is 0.250 e. The summed E-state index contributed by atoms with van der Waals surface area (Å²) in [5.74, 6) is -0.406. The van der Waals surface area contributed by atoms with Gasteiger partial charge in [-0.05, 0) is 84.6 Å². The lowest BCUT2D eigenvalue weighted by Crippen LogP contribution is -2.45. The molecule has 1 amide bonds. The fourth-order valence-corrected chi connectivity index (χ4v) is 6.74. The molecule has 9 heteroatoms. The lowest BCUT2D eigenvalue weighted by molar-refractivity contribution is -0.117. The zero-order valence-electron chi connectivity index (χ0n) is 18.8. The van der Waals surface area contributed by atoms with Crippen molar-refractivity contribution in [1.82, 2.24) is 4.72 Å². The monoisotopic (exact) mass is 549 g/mol. The van der Waals surface area contributed by atoms with Crippen molar-refractivity contribution in [3.05, 3.63) is 75.6 Å². The van der Waals surface area contributed by atoms with Crippen LogP contribution in [0.1, 0.15) is 25.0 Å². The summed E-state index contributed by atoms with van der Waals surface area (Å²) in [5, 5.41) is 2.92. The average Bonchev–Trinajstić information content (AvgIpc) is 3.24.